The van der Waals surface area contributed by atoms with Crippen molar-refractivity contribution in [2.24, 2.45) is 5.92 Å². The van der Waals surface area contributed by atoms with Gasteiger partial charge in [0.1, 0.15) is 6.04 Å². The van der Waals surface area contributed by atoms with Crippen LogP contribution in [0, 0.1) is 12.8 Å². The predicted octanol–water partition coefficient (Wildman–Crippen LogP) is 2.19. The second kappa shape index (κ2) is 8.60. The molecule has 0 amide bonds. The molecule has 25 heavy (non-hydrogen) atoms. The van der Waals surface area contributed by atoms with Crippen LogP contribution in [0.1, 0.15) is 25.3 Å². The maximum absolute atomic E-state index is 12.7. The molecule has 1 aliphatic heterocycles. The second-order valence-corrected chi connectivity index (χ2v) is 7.76. The topological polar surface area (TPSA) is 81.7 Å². The summed E-state index contributed by atoms with van der Waals surface area (Å²) in [5.74, 6) is -0.875. The van der Waals surface area contributed by atoms with Gasteiger partial charge in [0.25, 0.3) is 0 Å². The SMILES string of the molecule is C=CC[C@@H]1OCC[C@@H]1[C@@H](NS(=O)(=O)c1ccc(C)cc1)C(=O)OCC. The van der Waals surface area contributed by atoms with Crippen LogP contribution >= 0.6 is 0 Å². The molecule has 0 aliphatic carbocycles. The Bertz CT molecular complexity index is 699. The van der Waals surface area contributed by atoms with Gasteiger partial charge in [-0.2, -0.15) is 4.72 Å². The number of aryl methyl sites for hydroxylation is 1. The molecule has 138 valence electrons. The minimum atomic E-state index is -3.85. The molecule has 0 spiro atoms. The first kappa shape index (κ1) is 19.6. The number of sulfonamides is 1. The van der Waals surface area contributed by atoms with E-state index in [4.69, 9.17) is 9.47 Å². The summed E-state index contributed by atoms with van der Waals surface area (Å²) in [5.41, 5.74) is 0.955. The third-order valence-corrected chi connectivity index (χ3v) is 5.70. The monoisotopic (exact) mass is 367 g/mol. The van der Waals surface area contributed by atoms with Gasteiger partial charge in [0.05, 0.1) is 17.6 Å². The molecule has 1 saturated heterocycles. The Kier molecular flexibility index (Phi) is 6.75. The van der Waals surface area contributed by atoms with Gasteiger partial charge in [0.2, 0.25) is 10.0 Å². The van der Waals surface area contributed by atoms with Gasteiger partial charge < -0.3 is 9.47 Å². The summed E-state index contributed by atoms with van der Waals surface area (Å²) in [6.07, 6.45) is 2.58. The van der Waals surface area contributed by atoms with E-state index >= 15 is 0 Å². The lowest BCUT2D eigenvalue weighted by Crippen LogP contribution is -2.49. The molecule has 1 aromatic carbocycles. The molecule has 1 heterocycles. The maximum Gasteiger partial charge on any atom is 0.324 e. The molecule has 6 nitrogen and oxygen atoms in total. The Hall–Kier alpha value is -1.70. The van der Waals surface area contributed by atoms with Crippen LogP contribution in [0.4, 0.5) is 0 Å². The van der Waals surface area contributed by atoms with E-state index in [1.165, 1.54) is 12.1 Å². The summed E-state index contributed by atoms with van der Waals surface area (Å²) in [5, 5.41) is 0. The van der Waals surface area contributed by atoms with E-state index in [1.807, 2.05) is 6.92 Å². The molecule has 2 rings (SSSR count). The van der Waals surface area contributed by atoms with E-state index in [-0.39, 0.29) is 23.5 Å². The highest BCUT2D eigenvalue weighted by Crippen LogP contribution is 2.28. The van der Waals surface area contributed by atoms with Crippen molar-refractivity contribution in [1.82, 2.24) is 4.72 Å². The van der Waals surface area contributed by atoms with E-state index < -0.39 is 22.0 Å². The number of nitrogens with one attached hydrogen (secondary N) is 1. The van der Waals surface area contributed by atoms with Gasteiger partial charge in [-0.1, -0.05) is 23.8 Å². The van der Waals surface area contributed by atoms with Gasteiger partial charge in [-0.15, -0.1) is 6.58 Å². The van der Waals surface area contributed by atoms with Crippen LogP contribution in [-0.2, 0) is 24.3 Å². The molecular weight excluding hydrogens is 342 g/mol. The highest BCUT2D eigenvalue weighted by Gasteiger charge is 2.41. The summed E-state index contributed by atoms with van der Waals surface area (Å²) in [7, 11) is -3.85. The highest BCUT2D eigenvalue weighted by atomic mass is 32.2. The number of rotatable bonds is 8. The van der Waals surface area contributed by atoms with E-state index in [0.29, 0.717) is 19.4 Å². The lowest BCUT2D eigenvalue weighted by Gasteiger charge is -2.26. The Balaban J connectivity index is 2.27. The minimum Gasteiger partial charge on any atom is -0.465 e. The van der Waals surface area contributed by atoms with Crippen LogP contribution in [0.2, 0.25) is 0 Å². The average molecular weight is 367 g/mol. The van der Waals surface area contributed by atoms with Crippen LogP contribution in [0.3, 0.4) is 0 Å². The fourth-order valence-electron chi connectivity index (χ4n) is 2.95. The predicted molar refractivity (Wildman–Crippen MR) is 94.6 cm³/mol. The van der Waals surface area contributed by atoms with Crippen molar-refractivity contribution in [3.05, 3.63) is 42.5 Å². The van der Waals surface area contributed by atoms with Crippen molar-refractivity contribution in [3.8, 4) is 0 Å². The molecule has 7 heteroatoms. The van der Waals surface area contributed by atoms with Crippen molar-refractivity contribution >= 4 is 16.0 Å². The standard InChI is InChI=1S/C18H25NO5S/c1-4-6-16-15(11-12-24-16)17(18(20)23-5-2)19-25(21,22)14-9-7-13(3)8-10-14/h4,7-10,15-17,19H,1,5-6,11-12H2,2-3H3/t15-,16-,17+/m0/s1. The molecule has 0 bridgehead atoms. The van der Waals surface area contributed by atoms with Crippen LogP contribution < -0.4 is 4.72 Å². The van der Waals surface area contributed by atoms with Crippen molar-refractivity contribution in [2.75, 3.05) is 13.2 Å². The molecule has 1 fully saturated rings. The molecule has 1 N–H and O–H groups in total. The number of carbonyl (C=O) groups is 1. The molecule has 0 unspecified atom stereocenters. The summed E-state index contributed by atoms with van der Waals surface area (Å²) < 4.78 is 38.7. The normalized spacial score (nSPS) is 21.7. The fourth-order valence-corrected chi connectivity index (χ4v) is 4.18. The largest absolute Gasteiger partial charge is 0.465 e. The van der Waals surface area contributed by atoms with Gasteiger partial charge in [-0.3, -0.25) is 4.79 Å². The first-order chi connectivity index (χ1) is 11.9. The van der Waals surface area contributed by atoms with Gasteiger partial charge in [0, 0.05) is 12.5 Å². The van der Waals surface area contributed by atoms with Crippen LogP contribution in [0.5, 0.6) is 0 Å². The number of hydrogen-bond donors (Lipinski definition) is 1. The van der Waals surface area contributed by atoms with E-state index in [2.05, 4.69) is 11.3 Å². The van der Waals surface area contributed by atoms with Crippen molar-refractivity contribution < 1.29 is 22.7 Å². The van der Waals surface area contributed by atoms with Gasteiger partial charge in [0.15, 0.2) is 0 Å². The molecule has 0 aromatic heterocycles. The Morgan fingerprint density at radius 3 is 2.72 bits per heavy atom. The number of esters is 1. The van der Waals surface area contributed by atoms with Crippen molar-refractivity contribution in [1.29, 1.82) is 0 Å². The van der Waals surface area contributed by atoms with Crippen LogP contribution in [0.15, 0.2) is 41.8 Å². The van der Waals surface area contributed by atoms with Crippen molar-refractivity contribution in [2.45, 2.75) is 43.7 Å². The Morgan fingerprint density at radius 1 is 1.44 bits per heavy atom. The first-order valence-electron chi connectivity index (χ1n) is 8.37. The second-order valence-electron chi connectivity index (χ2n) is 6.05. The lowest BCUT2D eigenvalue weighted by atomic mass is 9.91. The van der Waals surface area contributed by atoms with Crippen molar-refractivity contribution in [3.63, 3.8) is 0 Å². The van der Waals surface area contributed by atoms with Crippen LogP contribution in [-0.4, -0.2) is 39.7 Å². The number of hydrogen-bond acceptors (Lipinski definition) is 5. The molecular formula is C18H25NO5S. The van der Waals surface area contributed by atoms with Gasteiger partial charge in [-0.25, -0.2) is 8.42 Å². The quantitative estimate of drug-likeness (QED) is 0.563. The Labute approximate surface area is 149 Å². The summed E-state index contributed by atoms with van der Waals surface area (Å²) in [6, 6.07) is 5.48. The highest BCUT2D eigenvalue weighted by molar-refractivity contribution is 7.89. The zero-order valence-electron chi connectivity index (χ0n) is 14.6. The molecule has 3 atom stereocenters. The molecule has 0 saturated carbocycles. The fraction of sp³-hybridized carbons (Fsp3) is 0.500. The lowest BCUT2D eigenvalue weighted by molar-refractivity contribution is -0.147. The minimum absolute atomic E-state index is 0.117. The smallest absolute Gasteiger partial charge is 0.324 e. The van der Waals surface area contributed by atoms with E-state index in [1.54, 1.807) is 25.1 Å². The van der Waals surface area contributed by atoms with Crippen LogP contribution in [0.25, 0.3) is 0 Å². The molecule has 0 radical (unpaired) electrons. The average Bonchev–Trinajstić information content (AvgIpc) is 3.01. The number of ether oxygens (including phenoxy) is 2. The first-order valence-corrected chi connectivity index (χ1v) is 9.85. The third-order valence-electron chi connectivity index (χ3n) is 4.24. The number of carbonyl (C=O) groups excluding carboxylic acids is 1. The summed E-state index contributed by atoms with van der Waals surface area (Å²) >= 11 is 0. The van der Waals surface area contributed by atoms with E-state index in [0.717, 1.165) is 5.56 Å². The summed E-state index contributed by atoms with van der Waals surface area (Å²) in [4.78, 5) is 12.5. The Morgan fingerprint density at radius 2 is 2.12 bits per heavy atom. The maximum atomic E-state index is 12.7. The molecule has 1 aliphatic rings. The zero-order valence-corrected chi connectivity index (χ0v) is 15.4. The van der Waals surface area contributed by atoms with Gasteiger partial charge >= 0.3 is 5.97 Å². The number of benzene rings is 1. The summed E-state index contributed by atoms with van der Waals surface area (Å²) in [6.45, 7) is 7.92. The zero-order chi connectivity index (χ0) is 18.4. The third kappa shape index (κ3) is 4.90. The molecule has 1 aromatic rings. The van der Waals surface area contributed by atoms with E-state index in [9.17, 15) is 13.2 Å². The van der Waals surface area contributed by atoms with Gasteiger partial charge in [-0.05, 0) is 38.8 Å².